The second kappa shape index (κ2) is 18.4. The van der Waals surface area contributed by atoms with Crippen molar-refractivity contribution in [1.29, 1.82) is 0 Å². The number of hydrogen-bond acceptors (Lipinski definition) is 9. The summed E-state index contributed by atoms with van der Waals surface area (Å²) in [7, 11) is 8.41. The highest BCUT2D eigenvalue weighted by Crippen LogP contribution is 2.36. The van der Waals surface area contributed by atoms with Crippen LogP contribution in [0.3, 0.4) is 0 Å². The van der Waals surface area contributed by atoms with Gasteiger partial charge in [0.25, 0.3) is 11.1 Å². The molecule has 54 heavy (non-hydrogen) atoms. The van der Waals surface area contributed by atoms with Crippen LogP contribution >= 0.6 is 11.6 Å². The molecule has 0 spiro atoms. The molecule has 4 aromatic rings. The highest BCUT2D eigenvalue weighted by Gasteiger charge is 2.23. The highest BCUT2D eigenvalue weighted by molar-refractivity contribution is 6.33. The van der Waals surface area contributed by atoms with E-state index < -0.39 is 0 Å². The molecule has 2 aliphatic rings. The number of ether oxygens (including phenoxy) is 3. The molecule has 0 fully saturated rings. The number of aryl methyl sites for hydroxylation is 6. The van der Waals surface area contributed by atoms with Crippen LogP contribution in [0.5, 0.6) is 5.75 Å². The zero-order chi connectivity index (χ0) is 39.1. The first-order chi connectivity index (χ1) is 25.9. The molecule has 2 aromatic carbocycles. The summed E-state index contributed by atoms with van der Waals surface area (Å²) < 4.78 is 19.2. The number of methoxy groups -OCH3 is 3. The van der Waals surface area contributed by atoms with Crippen LogP contribution in [0, 0.1) is 13.8 Å². The van der Waals surface area contributed by atoms with Crippen LogP contribution in [-0.2, 0) is 49.3 Å². The first kappa shape index (κ1) is 41.0. The third-order valence-electron chi connectivity index (χ3n) is 10.7. The Balaban J connectivity index is 0.000000208. The smallest absolute Gasteiger partial charge is 0.277 e. The predicted octanol–water partition coefficient (Wildman–Crippen LogP) is 7.21. The van der Waals surface area contributed by atoms with Gasteiger partial charge in [0.2, 0.25) is 0 Å². The molecule has 12 heteroatoms. The monoisotopic (exact) mass is 760 g/mol. The van der Waals surface area contributed by atoms with Gasteiger partial charge in [-0.25, -0.2) is 9.97 Å². The van der Waals surface area contributed by atoms with E-state index in [9.17, 15) is 9.59 Å². The fourth-order valence-corrected chi connectivity index (χ4v) is 7.81. The van der Waals surface area contributed by atoms with Crippen molar-refractivity contribution in [2.45, 2.75) is 97.6 Å². The summed E-state index contributed by atoms with van der Waals surface area (Å²) in [5.41, 5.74) is 9.24. The van der Waals surface area contributed by atoms with Crippen molar-refractivity contribution in [3.63, 3.8) is 0 Å². The molecule has 2 N–H and O–H groups in total. The van der Waals surface area contributed by atoms with Crippen LogP contribution in [0.25, 0.3) is 22.8 Å². The lowest BCUT2D eigenvalue weighted by molar-refractivity contribution is 0.126. The Morgan fingerprint density at radius 3 is 1.63 bits per heavy atom. The summed E-state index contributed by atoms with van der Waals surface area (Å²) in [5, 5.41) is 7.27. The molecule has 0 saturated carbocycles. The Hall–Kier alpha value is -4.19. The molecule has 0 bridgehead atoms. The number of anilines is 2. The fourth-order valence-electron chi connectivity index (χ4n) is 7.54. The number of benzene rings is 2. The Labute approximate surface area is 324 Å². The lowest BCUT2D eigenvalue weighted by Gasteiger charge is -2.21. The Morgan fingerprint density at radius 2 is 1.13 bits per heavy atom. The van der Waals surface area contributed by atoms with E-state index in [1.807, 2.05) is 13.8 Å². The van der Waals surface area contributed by atoms with E-state index in [2.05, 4.69) is 48.7 Å². The molecular formula is C42H57ClN6O5. The number of hydrogen-bond donors (Lipinski definition) is 2. The number of fused-ring (bicyclic) bond motifs is 2. The number of nitrogens with zero attached hydrogens (tertiary/aromatic N) is 4. The van der Waals surface area contributed by atoms with Crippen LogP contribution in [0.2, 0.25) is 5.02 Å². The summed E-state index contributed by atoms with van der Waals surface area (Å²) >= 11 is 6.57. The summed E-state index contributed by atoms with van der Waals surface area (Å²) in [6.45, 7) is 8.82. The Kier molecular flexibility index (Phi) is 14.0. The highest BCUT2D eigenvalue weighted by atomic mass is 35.5. The van der Waals surface area contributed by atoms with Crippen LogP contribution in [0.1, 0.15) is 79.6 Å². The molecule has 2 aliphatic carbocycles. The summed E-state index contributed by atoms with van der Waals surface area (Å²) in [6, 6.07) is 8.53. The minimum absolute atomic E-state index is 0.0480. The summed E-state index contributed by atoms with van der Waals surface area (Å²) in [6.07, 6.45) is 9.78. The van der Waals surface area contributed by atoms with Gasteiger partial charge in [-0.3, -0.25) is 18.7 Å². The topological polar surface area (TPSA) is 122 Å². The maximum absolute atomic E-state index is 13.1. The first-order valence-electron chi connectivity index (χ1n) is 19.1. The summed E-state index contributed by atoms with van der Waals surface area (Å²) in [5.74, 6) is 2.00. The molecule has 0 unspecified atom stereocenters. The Morgan fingerprint density at radius 1 is 0.685 bits per heavy atom. The van der Waals surface area contributed by atoms with Crippen molar-refractivity contribution in [2.75, 3.05) is 45.2 Å². The van der Waals surface area contributed by atoms with Crippen molar-refractivity contribution in [3.05, 3.63) is 83.6 Å². The van der Waals surface area contributed by atoms with Crippen LogP contribution in [-0.4, -0.2) is 65.7 Å². The van der Waals surface area contributed by atoms with Crippen molar-refractivity contribution >= 4 is 23.0 Å². The average Bonchev–Trinajstić information content (AvgIpc) is 3.63. The number of aromatic nitrogens is 4. The maximum Gasteiger partial charge on any atom is 0.277 e. The molecule has 0 atom stereocenters. The third-order valence-corrected chi connectivity index (χ3v) is 11.0. The number of nitrogens with one attached hydrogen (secondary N) is 2. The van der Waals surface area contributed by atoms with Gasteiger partial charge >= 0.3 is 0 Å². The van der Waals surface area contributed by atoms with Gasteiger partial charge < -0.3 is 24.8 Å². The van der Waals surface area contributed by atoms with Gasteiger partial charge in [-0.1, -0.05) is 25.4 Å². The minimum atomic E-state index is -0.137. The van der Waals surface area contributed by atoms with Gasteiger partial charge in [-0.2, -0.15) is 0 Å². The third kappa shape index (κ3) is 8.85. The van der Waals surface area contributed by atoms with E-state index in [1.165, 1.54) is 35.1 Å². The van der Waals surface area contributed by atoms with Crippen LogP contribution < -0.4 is 26.5 Å². The van der Waals surface area contributed by atoms with Gasteiger partial charge in [-0.15, -0.1) is 0 Å². The lowest BCUT2D eigenvalue weighted by Crippen LogP contribution is -2.35. The molecular weight excluding hydrogens is 704 g/mol. The molecule has 0 amide bonds. The molecule has 2 aromatic heterocycles. The zero-order valence-electron chi connectivity index (χ0n) is 33.5. The van der Waals surface area contributed by atoms with E-state index in [-0.39, 0.29) is 23.2 Å². The van der Waals surface area contributed by atoms with Crippen molar-refractivity contribution in [3.8, 4) is 28.5 Å². The van der Waals surface area contributed by atoms with Crippen molar-refractivity contribution < 1.29 is 14.2 Å². The molecule has 11 nitrogen and oxygen atoms in total. The second-order valence-corrected chi connectivity index (χ2v) is 14.8. The van der Waals surface area contributed by atoms with Crippen molar-refractivity contribution in [1.82, 2.24) is 19.1 Å². The maximum atomic E-state index is 13.1. The number of halogens is 1. The van der Waals surface area contributed by atoms with Crippen LogP contribution in [0.15, 0.2) is 33.9 Å². The van der Waals surface area contributed by atoms with E-state index in [4.69, 9.17) is 35.8 Å². The van der Waals surface area contributed by atoms with E-state index in [1.54, 1.807) is 44.6 Å². The zero-order valence-corrected chi connectivity index (χ0v) is 34.2. The predicted molar refractivity (Wildman–Crippen MR) is 219 cm³/mol. The van der Waals surface area contributed by atoms with Gasteiger partial charge in [0.15, 0.2) is 0 Å². The minimum Gasteiger partial charge on any atom is -0.496 e. The van der Waals surface area contributed by atoms with Gasteiger partial charge in [-0.05, 0) is 118 Å². The lowest BCUT2D eigenvalue weighted by atomic mass is 9.90. The van der Waals surface area contributed by atoms with Crippen LogP contribution in [0.4, 0.5) is 11.4 Å². The van der Waals surface area contributed by atoms with E-state index >= 15 is 0 Å². The molecule has 0 saturated heterocycles. The molecule has 0 aliphatic heterocycles. The normalized spacial score (nSPS) is 13.4. The van der Waals surface area contributed by atoms with Gasteiger partial charge in [0.05, 0.1) is 48.3 Å². The molecule has 6 rings (SSSR count). The molecule has 0 radical (unpaired) electrons. The SMILES string of the molecule is CCC(CC)Nc1c(C)nc(-c2cc3c(cc2Cl)CCCC3)n(C)c1=O.COCC(COC)Nc1c(C)nc(-c2cc3c(cc2OC)CCC3)n(C)c1=O. The summed E-state index contributed by atoms with van der Waals surface area (Å²) in [4.78, 5) is 35.6. The van der Waals surface area contributed by atoms with E-state index in [0.717, 1.165) is 67.5 Å². The average molecular weight is 761 g/mol. The molecule has 292 valence electrons. The van der Waals surface area contributed by atoms with E-state index in [0.29, 0.717) is 47.0 Å². The fraction of sp³-hybridized carbons (Fsp3) is 0.524. The first-order valence-corrected chi connectivity index (χ1v) is 19.5. The standard InChI is InChI=1S/C21H28ClN3O.C21H29N3O4/c1-5-16(6-2)24-19-13(3)23-20(25(4)21(19)26)17-11-14-9-7-8-10-15(14)12-18(17)22;1-13-19(23-16(11-26-3)12-27-4)21(25)24(2)20(22-13)17-9-14-7-6-8-15(14)10-18(17)28-5/h11-12,16,24H,5-10H2,1-4H3;9-10,16,23H,6-8,11-12H2,1-5H3. The largest absolute Gasteiger partial charge is 0.496 e. The Bertz CT molecular complexity index is 2070. The van der Waals surface area contributed by atoms with Gasteiger partial charge in [0.1, 0.15) is 28.8 Å². The molecule has 2 heterocycles. The van der Waals surface area contributed by atoms with Crippen molar-refractivity contribution in [2.24, 2.45) is 14.1 Å². The van der Waals surface area contributed by atoms with Gasteiger partial charge in [0, 0.05) is 39.9 Å². The quantitative estimate of drug-likeness (QED) is 0.146. The second-order valence-electron chi connectivity index (χ2n) is 14.4. The number of rotatable bonds is 13.